The van der Waals surface area contributed by atoms with Gasteiger partial charge in [0.15, 0.2) is 0 Å². The molecule has 4 heteroatoms. The van der Waals surface area contributed by atoms with Gasteiger partial charge in [-0.1, -0.05) is 0 Å². The van der Waals surface area contributed by atoms with Crippen LogP contribution in [0.2, 0.25) is 0 Å². The predicted octanol–water partition coefficient (Wildman–Crippen LogP) is 0.995. The highest BCUT2D eigenvalue weighted by Gasteiger charge is 2.54. The zero-order chi connectivity index (χ0) is 11.0. The molecule has 2 aliphatic carbocycles. The molecule has 0 N–H and O–H groups in total. The normalized spacial score (nSPS) is 37.7. The van der Waals surface area contributed by atoms with Crippen molar-refractivity contribution in [1.82, 2.24) is 0 Å². The van der Waals surface area contributed by atoms with Gasteiger partial charge in [0.25, 0.3) is 0 Å². The summed E-state index contributed by atoms with van der Waals surface area (Å²) in [5.74, 6) is -0.379. The van der Waals surface area contributed by atoms with Gasteiger partial charge in [-0.05, 0) is 31.1 Å². The fourth-order valence-corrected chi connectivity index (χ4v) is 3.24. The van der Waals surface area contributed by atoms with E-state index in [0.29, 0.717) is 11.8 Å². The minimum atomic E-state index is -0.263. The van der Waals surface area contributed by atoms with Crippen LogP contribution in [0.25, 0.3) is 0 Å². The zero-order valence-electron chi connectivity index (χ0n) is 9.06. The third-order valence-corrected chi connectivity index (χ3v) is 3.86. The first-order chi connectivity index (χ1) is 7.19. The number of carbonyl (C=O) groups is 2. The van der Waals surface area contributed by atoms with Gasteiger partial charge in [-0.15, -0.1) is 0 Å². The molecule has 0 aromatic rings. The first-order valence-corrected chi connectivity index (χ1v) is 5.34. The summed E-state index contributed by atoms with van der Waals surface area (Å²) in [4.78, 5) is 23.2. The number of ether oxygens (including phenoxy) is 2. The maximum atomic E-state index is 11.6. The van der Waals surface area contributed by atoms with Gasteiger partial charge in [0.2, 0.25) is 0 Å². The summed E-state index contributed by atoms with van der Waals surface area (Å²) in [6, 6.07) is 0. The zero-order valence-corrected chi connectivity index (χ0v) is 9.06. The molecule has 0 aromatic carbocycles. The molecule has 0 heterocycles. The fraction of sp³-hybridized carbons (Fsp3) is 0.818. The first-order valence-electron chi connectivity index (χ1n) is 5.34. The van der Waals surface area contributed by atoms with Gasteiger partial charge in [0, 0.05) is 0 Å². The second-order valence-corrected chi connectivity index (χ2v) is 4.43. The highest BCUT2D eigenvalue weighted by molar-refractivity contribution is 5.83. The smallest absolute Gasteiger partial charge is 0.309 e. The molecule has 0 amide bonds. The number of esters is 2. The molecule has 2 bridgehead atoms. The molecule has 2 saturated carbocycles. The molecule has 0 aromatic heterocycles. The second kappa shape index (κ2) is 3.83. The minimum absolute atomic E-state index is 0.252. The molecule has 15 heavy (non-hydrogen) atoms. The maximum Gasteiger partial charge on any atom is 0.309 e. The van der Waals surface area contributed by atoms with Crippen LogP contribution in [-0.2, 0) is 19.1 Å². The summed E-state index contributed by atoms with van der Waals surface area (Å²) in [5.41, 5.74) is 0. The Balaban J connectivity index is 2.19. The topological polar surface area (TPSA) is 52.6 Å². The third-order valence-electron chi connectivity index (χ3n) is 3.86. The van der Waals surface area contributed by atoms with Crippen molar-refractivity contribution < 1.29 is 19.1 Å². The van der Waals surface area contributed by atoms with Gasteiger partial charge in [-0.25, -0.2) is 0 Å². The Morgan fingerprint density at radius 2 is 1.33 bits per heavy atom. The van der Waals surface area contributed by atoms with E-state index in [1.807, 2.05) is 0 Å². The van der Waals surface area contributed by atoms with Crippen molar-refractivity contribution in [3.63, 3.8) is 0 Å². The number of hydrogen-bond acceptors (Lipinski definition) is 4. The summed E-state index contributed by atoms with van der Waals surface area (Å²) < 4.78 is 9.53. The molecule has 4 nitrogen and oxygen atoms in total. The molecule has 4 atom stereocenters. The lowest BCUT2D eigenvalue weighted by Gasteiger charge is -2.26. The third kappa shape index (κ3) is 1.52. The van der Waals surface area contributed by atoms with Gasteiger partial charge in [0.05, 0.1) is 26.1 Å². The van der Waals surface area contributed by atoms with E-state index in [2.05, 4.69) is 0 Å². The van der Waals surface area contributed by atoms with Gasteiger partial charge in [-0.2, -0.15) is 0 Å². The molecule has 0 unspecified atom stereocenters. The second-order valence-electron chi connectivity index (χ2n) is 4.43. The fourth-order valence-electron chi connectivity index (χ4n) is 3.24. The first kappa shape index (κ1) is 10.5. The van der Waals surface area contributed by atoms with Gasteiger partial charge in [0.1, 0.15) is 0 Å². The molecule has 0 aliphatic heterocycles. The molecular formula is C11H16O4. The highest BCUT2D eigenvalue weighted by atomic mass is 16.5. The van der Waals surface area contributed by atoms with Crippen molar-refractivity contribution in [3.8, 4) is 0 Å². The van der Waals surface area contributed by atoms with E-state index in [0.717, 1.165) is 19.3 Å². The summed E-state index contributed by atoms with van der Waals surface area (Å²) in [7, 11) is 2.76. The van der Waals surface area contributed by atoms with Crippen LogP contribution in [0.1, 0.15) is 19.3 Å². The van der Waals surface area contributed by atoms with E-state index in [1.54, 1.807) is 0 Å². The maximum absolute atomic E-state index is 11.6. The molecule has 0 saturated heterocycles. The Kier molecular flexibility index (Phi) is 2.67. The van der Waals surface area contributed by atoms with Crippen LogP contribution in [0, 0.1) is 23.7 Å². The van der Waals surface area contributed by atoms with Crippen LogP contribution in [0.15, 0.2) is 0 Å². The Labute approximate surface area is 88.9 Å². The van der Waals surface area contributed by atoms with Gasteiger partial charge in [-0.3, -0.25) is 9.59 Å². The lowest BCUT2D eigenvalue weighted by Crippen LogP contribution is -2.36. The van der Waals surface area contributed by atoms with E-state index in [-0.39, 0.29) is 23.8 Å². The van der Waals surface area contributed by atoms with Gasteiger partial charge >= 0.3 is 11.9 Å². The number of methoxy groups -OCH3 is 2. The van der Waals surface area contributed by atoms with Crippen LogP contribution in [0.3, 0.4) is 0 Å². The molecular weight excluding hydrogens is 196 g/mol. The monoisotopic (exact) mass is 212 g/mol. The summed E-state index contributed by atoms with van der Waals surface area (Å²) in [6.07, 6.45) is 3.05. The van der Waals surface area contributed by atoms with Crippen molar-refractivity contribution in [2.45, 2.75) is 19.3 Å². The van der Waals surface area contributed by atoms with Gasteiger partial charge < -0.3 is 9.47 Å². The summed E-state index contributed by atoms with van der Waals surface area (Å²) in [5, 5.41) is 0. The van der Waals surface area contributed by atoms with Crippen LogP contribution < -0.4 is 0 Å². The van der Waals surface area contributed by atoms with E-state index >= 15 is 0 Å². The molecule has 2 rings (SSSR count). The van der Waals surface area contributed by atoms with E-state index in [1.165, 1.54) is 14.2 Å². The van der Waals surface area contributed by atoms with Crippen molar-refractivity contribution in [3.05, 3.63) is 0 Å². The largest absolute Gasteiger partial charge is 0.469 e. The van der Waals surface area contributed by atoms with E-state index in [9.17, 15) is 9.59 Å². The number of fused-ring (bicyclic) bond motifs is 2. The summed E-state index contributed by atoms with van der Waals surface area (Å²) >= 11 is 0. The quantitative estimate of drug-likeness (QED) is 0.641. The van der Waals surface area contributed by atoms with E-state index < -0.39 is 0 Å². The molecule has 2 aliphatic rings. The number of rotatable bonds is 2. The minimum Gasteiger partial charge on any atom is -0.469 e. The lowest BCUT2D eigenvalue weighted by atomic mass is 9.79. The standard InChI is InChI=1S/C11H16O4/c1-14-10(12)8-6-3-4-7(5-6)9(8)11(13)15-2/h6-9H,3-5H2,1-2H3/t6-,7+,8-,9-/m1/s1. The van der Waals surface area contributed by atoms with Crippen molar-refractivity contribution >= 4 is 11.9 Å². The Morgan fingerprint density at radius 3 is 1.67 bits per heavy atom. The Hall–Kier alpha value is -1.06. The lowest BCUT2D eigenvalue weighted by molar-refractivity contribution is -0.160. The average molecular weight is 212 g/mol. The molecule has 84 valence electrons. The van der Waals surface area contributed by atoms with Crippen LogP contribution in [0.4, 0.5) is 0 Å². The summed E-state index contributed by atoms with van der Waals surface area (Å²) in [6.45, 7) is 0. The average Bonchev–Trinajstić information content (AvgIpc) is 2.86. The molecule has 0 radical (unpaired) electrons. The van der Waals surface area contributed by atoms with E-state index in [4.69, 9.17) is 9.47 Å². The molecule has 2 fully saturated rings. The van der Waals surface area contributed by atoms with Crippen LogP contribution in [0.5, 0.6) is 0 Å². The van der Waals surface area contributed by atoms with Crippen molar-refractivity contribution in [1.29, 1.82) is 0 Å². The number of carbonyl (C=O) groups excluding carboxylic acids is 2. The van der Waals surface area contributed by atoms with Crippen molar-refractivity contribution in [2.24, 2.45) is 23.7 Å². The predicted molar refractivity (Wildman–Crippen MR) is 51.8 cm³/mol. The Morgan fingerprint density at radius 1 is 0.933 bits per heavy atom. The van der Waals surface area contributed by atoms with Crippen LogP contribution >= 0.6 is 0 Å². The van der Waals surface area contributed by atoms with Crippen molar-refractivity contribution in [2.75, 3.05) is 14.2 Å². The highest BCUT2D eigenvalue weighted by Crippen LogP contribution is 2.52. The Bertz CT molecular complexity index is 258. The SMILES string of the molecule is COC(=O)[C@@H]1[C@@H]2CC[C@@H](C2)[C@H]1C(=O)OC. The number of hydrogen-bond donors (Lipinski definition) is 0. The molecule has 0 spiro atoms. The van der Waals surface area contributed by atoms with Crippen LogP contribution in [-0.4, -0.2) is 26.2 Å².